The van der Waals surface area contributed by atoms with E-state index in [1.165, 1.54) is 0 Å². The lowest BCUT2D eigenvalue weighted by atomic mass is 10.0. The van der Waals surface area contributed by atoms with Crippen LogP contribution in [0.15, 0.2) is 17.1 Å². The quantitative estimate of drug-likeness (QED) is 0.474. The summed E-state index contributed by atoms with van der Waals surface area (Å²) in [5, 5.41) is 8.87. The van der Waals surface area contributed by atoms with Crippen molar-refractivity contribution < 1.29 is 0 Å². The molecule has 0 saturated heterocycles. The summed E-state index contributed by atoms with van der Waals surface area (Å²) in [7, 11) is 0. The number of nitrogens with zero attached hydrogens (tertiary/aromatic N) is 2. The minimum Gasteiger partial charge on any atom is -0.386 e. The van der Waals surface area contributed by atoms with E-state index >= 15 is 0 Å². The Bertz CT molecular complexity index is 444. The van der Waals surface area contributed by atoms with Gasteiger partial charge in [0.1, 0.15) is 5.84 Å². The smallest absolute Gasteiger partial charge is 0.115 e. The molecule has 0 aliphatic carbocycles. The lowest BCUT2D eigenvalue weighted by Gasteiger charge is -2.04. The third kappa shape index (κ3) is 2.71. The molecule has 0 amide bonds. The van der Waals surface area contributed by atoms with Gasteiger partial charge in [-0.1, -0.05) is 6.07 Å². The number of nitriles is 1. The average molecular weight is 222 g/mol. The lowest BCUT2D eigenvalue weighted by Crippen LogP contribution is -2.12. The minimum atomic E-state index is 0.190. The van der Waals surface area contributed by atoms with Gasteiger partial charge in [0.25, 0.3) is 0 Å². The highest BCUT2D eigenvalue weighted by atomic mass is 35.5. The van der Waals surface area contributed by atoms with Gasteiger partial charge in [-0.05, 0) is 31.0 Å². The van der Waals surface area contributed by atoms with Crippen LogP contribution in [0.2, 0.25) is 0 Å². The summed E-state index contributed by atoms with van der Waals surface area (Å²) in [6.45, 7) is 3.82. The molecule has 0 aromatic heterocycles. The number of aliphatic imine (C=N–C) groups is 1. The van der Waals surface area contributed by atoms with Gasteiger partial charge in [-0.15, -0.1) is 11.6 Å². The number of alkyl halides is 1. The van der Waals surface area contributed by atoms with Gasteiger partial charge in [0, 0.05) is 0 Å². The first-order valence-corrected chi connectivity index (χ1v) is 5.02. The molecule has 1 aromatic carbocycles. The Morgan fingerprint density at radius 3 is 2.67 bits per heavy atom. The Hall–Kier alpha value is -1.53. The first kappa shape index (κ1) is 11.5. The maximum absolute atomic E-state index is 8.87. The fourth-order valence-corrected chi connectivity index (χ4v) is 1.33. The number of rotatable bonds is 2. The summed E-state index contributed by atoms with van der Waals surface area (Å²) in [6, 6.07) is 5.75. The maximum Gasteiger partial charge on any atom is 0.115 e. The number of halogens is 1. The molecule has 0 fully saturated rings. The van der Waals surface area contributed by atoms with Gasteiger partial charge in [-0.2, -0.15) is 5.26 Å². The van der Waals surface area contributed by atoms with Gasteiger partial charge in [-0.3, -0.25) is 0 Å². The van der Waals surface area contributed by atoms with Gasteiger partial charge in [-0.25, -0.2) is 4.99 Å². The number of hydrogen-bond acceptors (Lipinski definition) is 2. The molecule has 0 saturated carbocycles. The van der Waals surface area contributed by atoms with Gasteiger partial charge >= 0.3 is 0 Å². The molecule has 0 spiro atoms. The molecule has 1 rings (SSSR count). The number of amidine groups is 1. The van der Waals surface area contributed by atoms with Crippen LogP contribution in [0.25, 0.3) is 0 Å². The summed E-state index contributed by atoms with van der Waals surface area (Å²) >= 11 is 5.54. The van der Waals surface area contributed by atoms with Gasteiger partial charge in [0.15, 0.2) is 0 Å². The van der Waals surface area contributed by atoms with Gasteiger partial charge < -0.3 is 5.73 Å². The van der Waals surface area contributed by atoms with E-state index in [2.05, 4.69) is 11.1 Å². The second kappa shape index (κ2) is 4.81. The first-order chi connectivity index (χ1) is 7.08. The Kier molecular flexibility index (Phi) is 3.70. The van der Waals surface area contributed by atoms with E-state index in [1.807, 2.05) is 19.9 Å². The lowest BCUT2D eigenvalue weighted by molar-refractivity contribution is 1.31. The summed E-state index contributed by atoms with van der Waals surface area (Å²) < 4.78 is 0. The molecule has 3 nitrogen and oxygen atoms in total. The molecule has 0 unspecified atom stereocenters. The van der Waals surface area contributed by atoms with Gasteiger partial charge in [0.05, 0.1) is 23.2 Å². The van der Waals surface area contributed by atoms with E-state index in [1.54, 1.807) is 6.07 Å². The molecule has 0 aliphatic heterocycles. The molecule has 0 radical (unpaired) electrons. The summed E-state index contributed by atoms with van der Waals surface area (Å²) in [6.07, 6.45) is 0. The van der Waals surface area contributed by atoms with E-state index in [0.717, 1.165) is 11.1 Å². The van der Waals surface area contributed by atoms with Crippen molar-refractivity contribution in [2.45, 2.75) is 13.8 Å². The average Bonchev–Trinajstić information content (AvgIpc) is 2.21. The second-order valence-electron chi connectivity index (χ2n) is 3.30. The van der Waals surface area contributed by atoms with Crippen LogP contribution in [0.5, 0.6) is 0 Å². The molecule has 0 aliphatic rings. The molecular weight excluding hydrogens is 210 g/mol. The van der Waals surface area contributed by atoms with E-state index in [4.69, 9.17) is 22.6 Å². The molecule has 0 heterocycles. The largest absolute Gasteiger partial charge is 0.386 e. The van der Waals surface area contributed by atoms with Crippen molar-refractivity contribution >= 4 is 23.1 Å². The topological polar surface area (TPSA) is 62.2 Å². The van der Waals surface area contributed by atoms with Crippen molar-refractivity contribution in [3.05, 3.63) is 28.8 Å². The van der Waals surface area contributed by atoms with Crippen molar-refractivity contribution in [1.82, 2.24) is 0 Å². The third-order valence-corrected chi connectivity index (χ3v) is 2.34. The summed E-state index contributed by atoms with van der Waals surface area (Å²) in [5.41, 5.74) is 8.78. The number of benzene rings is 1. The molecule has 15 heavy (non-hydrogen) atoms. The van der Waals surface area contributed by atoms with Crippen LogP contribution < -0.4 is 5.73 Å². The van der Waals surface area contributed by atoms with Crippen LogP contribution in [-0.4, -0.2) is 11.7 Å². The summed E-state index contributed by atoms with van der Waals surface area (Å²) in [4.78, 5) is 4.14. The zero-order valence-corrected chi connectivity index (χ0v) is 9.47. The van der Waals surface area contributed by atoms with Crippen LogP contribution in [0.4, 0.5) is 5.69 Å². The van der Waals surface area contributed by atoms with Crippen LogP contribution in [-0.2, 0) is 0 Å². The zero-order valence-electron chi connectivity index (χ0n) is 8.71. The third-order valence-electron chi connectivity index (χ3n) is 2.06. The molecule has 78 valence electrons. The first-order valence-electron chi connectivity index (χ1n) is 4.49. The molecule has 0 bridgehead atoms. The van der Waals surface area contributed by atoms with Crippen LogP contribution >= 0.6 is 11.6 Å². The number of nitrogens with two attached hydrogens (primary N) is 1. The fraction of sp³-hybridized carbons (Fsp3) is 0.273. The van der Waals surface area contributed by atoms with Crippen LogP contribution in [0, 0.1) is 25.2 Å². The Morgan fingerprint density at radius 1 is 1.47 bits per heavy atom. The normalized spacial score (nSPS) is 11.2. The van der Waals surface area contributed by atoms with E-state index in [0.29, 0.717) is 17.1 Å². The van der Waals surface area contributed by atoms with Crippen molar-refractivity contribution in [2.24, 2.45) is 10.7 Å². The molecular formula is C11H12ClN3. The predicted octanol–water partition coefficient (Wildman–Crippen LogP) is 2.40. The maximum atomic E-state index is 8.87. The number of hydrogen-bond donors (Lipinski definition) is 1. The SMILES string of the molecule is Cc1cc(C)c(N=C(N)CCl)cc1C#N. The monoisotopic (exact) mass is 221 g/mol. The van der Waals surface area contributed by atoms with Crippen LogP contribution in [0.3, 0.4) is 0 Å². The van der Waals surface area contributed by atoms with Crippen LogP contribution in [0.1, 0.15) is 16.7 Å². The zero-order chi connectivity index (χ0) is 11.4. The van der Waals surface area contributed by atoms with Crippen molar-refractivity contribution in [3.63, 3.8) is 0 Å². The highest BCUT2D eigenvalue weighted by Crippen LogP contribution is 2.22. The fourth-order valence-electron chi connectivity index (χ4n) is 1.27. The molecule has 4 heteroatoms. The highest BCUT2D eigenvalue weighted by Gasteiger charge is 2.03. The Labute approximate surface area is 94.2 Å². The van der Waals surface area contributed by atoms with Crippen molar-refractivity contribution in [2.75, 3.05) is 5.88 Å². The predicted molar refractivity (Wildman–Crippen MR) is 62.6 cm³/mol. The molecule has 1 aromatic rings. The standard InChI is InChI=1S/C11H12ClN3/c1-7-3-8(2)10(4-9(7)6-13)15-11(14)5-12/h3-4H,5H2,1-2H3,(H2,14,15). The second-order valence-corrected chi connectivity index (χ2v) is 3.57. The Balaban J connectivity index is 3.26. The minimum absolute atomic E-state index is 0.190. The van der Waals surface area contributed by atoms with Crippen molar-refractivity contribution in [1.29, 1.82) is 5.26 Å². The van der Waals surface area contributed by atoms with Crippen molar-refractivity contribution in [3.8, 4) is 6.07 Å². The van der Waals surface area contributed by atoms with E-state index < -0.39 is 0 Å². The van der Waals surface area contributed by atoms with Gasteiger partial charge in [0.2, 0.25) is 0 Å². The molecule has 2 N–H and O–H groups in total. The van der Waals surface area contributed by atoms with E-state index in [-0.39, 0.29) is 5.88 Å². The number of aryl methyl sites for hydroxylation is 2. The Morgan fingerprint density at radius 2 is 2.13 bits per heavy atom. The van der Waals surface area contributed by atoms with E-state index in [9.17, 15) is 0 Å². The highest BCUT2D eigenvalue weighted by molar-refractivity contribution is 6.28. The molecule has 0 atom stereocenters. The summed E-state index contributed by atoms with van der Waals surface area (Å²) in [5.74, 6) is 0.544.